The number of hydrogen-bond donors (Lipinski definition) is 0. The SMILES string of the molecule is O=c1c2ccc3oc4ccc(-c5ccc(C(F)(F)F)cc5)cc4c4ccc(c(=O)n1CCCBr)c2c34. The molecule has 4 nitrogen and oxygen atoms in total. The van der Waals surface area contributed by atoms with Crippen LogP contribution in [0.1, 0.15) is 12.0 Å². The van der Waals surface area contributed by atoms with Gasteiger partial charge in [-0.1, -0.05) is 40.2 Å². The molecule has 8 heteroatoms. The van der Waals surface area contributed by atoms with Crippen molar-refractivity contribution in [1.82, 2.24) is 4.57 Å². The van der Waals surface area contributed by atoms with Gasteiger partial charge in [0.05, 0.1) is 5.56 Å². The largest absolute Gasteiger partial charge is 0.456 e. The minimum Gasteiger partial charge on any atom is -0.456 e. The molecule has 0 amide bonds. The Morgan fingerprint density at radius 2 is 1.33 bits per heavy atom. The zero-order chi connectivity index (χ0) is 25.2. The molecular formula is C28H17BrF3NO3. The summed E-state index contributed by atoms with van der Waals surface area (Å²) >= 11 is 3.35. The Hall–Kier alpha value is -3.65. The highest BCUT2D eigenvalue weighted by molar-refractivity contribution is 9.09. The lowest BCUT2D eigenvalue weighted by Gasteiger charge is -2.14. The summed E-state index contributed by atoms with van der Waals surface area (Å²) in [7, 11) is 0. The smallest absolute Gasteiger partial charge is 0.416 e. The van der Waals surface area contributed by atoms with Crippen LogP contribution in [0.4, 0.5) is 13.2 Å². The first-order chi connectivity index (χ1) is 17.3. The summed E-state index contributed by atoms with van der Waals surface area (Å²) in [6.07, 6.45) is -3.75. The predicted octanol–water partition coefficient (Wildman–Crippen LogP) is 7.32. The lowest BCUT2D eigenvalue weighted by Crippen LogP contribution is -2.33. The van der Waals surface area contributed by atoms with Crippen molar-refractivity contribution in [3.63, 3.8) is 0 Å². The fraction of sp³-hybridized carbons (Fsp3) is 0.143. The fourth-order valence-corrected chi connectivity index (χ4v) is 5.16. The van der Waals surface area contributed by atoms with Gasteiger partial charge in [-0.15, -0.1) is 0 Å². The average molecular weight is 552 g/mol. The minimum atomic E-state index is -4.40. The highest BCUT2D eigenvalue weighted by atomic mass is 79.9. The fourth-order valence-electron chi connectivity index (χ4n) is 4.91. The van der Waals surface area contributed by atoms with Gasteiger partial charge in [0.2, 0.25) is 0 Å². The molecule has 0 saturated heterocycles. The van der Waals surface area contributed by atoms with Gasteiger partial charge in [0.15, 0.2) is 0 Å². The monoisotopic (exact) mass is 551 g/mol. The van der Waals surface area contributed by atoms with Crippen LogP contribution in [0.5, 0.6) is 0 Å². The number of aromatic nitrogens is 1. The molecule has 0 N–H and O–H groups in total. The molecule has 6 aromatic rings. The topological polar surface area (TPSA) is 52.2 Å². The molecule has 36 heavy (non-hydrogen) atoms. The summed E-state index contributed by atoms with van der Waals surface area (Å²) in [5, 5.41) is 4.37. The molecule has 0 aliphatic heterocycles. The number of fused-ring (bicyclic) bond motifs is 2. The Kier molecular flexibility index (Phi) is 5.19. The minimum absolute atomic E-state index is 0.323. The third kappa shape index (κ3) is 3.43. The number of hydrogen-bond acceptors (Lipinski definition) is 3. The van der Waals surface area contributed by atoms with Gasteiger partial charge >= 0.3 is 6.18 Å². The quantitative estimate of drug-likeness (QED) is 0.131. The first-order valence-corrected chi connectivity index (χ1v) is 12.4. The van der Waals surface area contributed by atoms with E-state index in [1.165, 1.54) is 16.7 Å². The molecule has 0 radical (unpaired) electrons. The predicted molar refractivity (Wildman–Crippen MR) is 139 cm³/mol. The second-order valence-electron chi connectivity index (χ2n) is 8.71. The molecule has 0 spiro atoms. The zero-order valence-electron chi connectivity index (χ0n) is 18.7. The molecule has 6 rings (SSSR count). The number of nitrogens with zero attached hydrogens (tertiary/aromatic N) is 1. The van der Waals surface area contributed by atoms with Crippen molar-refractivity contribution in [3.05, 3.63) is 93.0 Å². The Balaban J connectivity index is 1.62. The van der Waals surface area contributed by atoms with Crippen molar-refractivity contribution in [2.45, 2.75) is 19.1 Å². The Bertz CT molecular complexity index is 1870. The summed E-state index contributed by atoms with van der Waals surface area (Å²) < 4.78 is 46.4. The van der Waals surface area contributed by atoms with E-state index < -0.39 is 11.7 Å². The van der Waals surface area contributed by atoms with E-state index in [0.29, 0.717) is 56.6 Å². The van der Waals surface area contributed by atoms with E-state index in [9.17, 15) is 22.8 Å². The van der Waals surface area contributed by atoms with Gasteiger partial charge in [-0.05, 0) is 65.4 Å². The van der Waals surface area contributed by atoms with Crippen molar-refractivity contribution < 1.29 is 17.6 Å². The first-order valence-electron chi connectivity index (χ1n) is 11.3. The molecule has 0 aliphatic carbocycles. The van der Waals surface area contributed by atoms with E-state index in [0.717, 1.165) is 28.5 Å². The van der Waals surface area contributed by atoms with Gasteiger partial charge in [0.1, 0.15) is 11.2 Å². The van der Waals surface area contributed by atoms with Crippen LogP contribution < -0.4 is 11.1 Å². The molecule has 180 valence electrons. The van der Waals surface area contributed by atoms with Crippen LogP contribution in [-0.4, -0.2) is 9.90 Å². The van der Waals surface area contributed by atoms with Crippen LogP contribution in [0.2, 0.25) is 0 Å². The third-order valence-electron chi connectivity index (χ3n) is 6.62. The van der Waals surface area contributed by atoms with Crippen molar-refractivity contribution in [3.8, 4) is 11.1 Å². The highest BCUT2D eigenvalue weighted by Gasteiger charge is 2.30. The van der Waals surface area contributed by atoms with Crippen LogP contribution in [0.15, 0.2) is 80.7 Å². The van der Waals surface area contributed by atoms with Crippen LogP contribution in [-0.2, 0) is 12.7 Å². The normalized spacial score (nSPS) is 12.4. The first kappa shape index (κ1) is 22.8. The van der Waals surface area contributed by atoms with Crippen molar-refractivity contribution >= 4 is 59.4 Å². The molecule has 0 unspecified atom stereocenters. The van der Waals surface area contributed by atoms with Crippen LogP contribution >= 0.6 is 15.9 Å². The second-order valence-corrected chi connectivity index (χ2v) is 9.51. The van der Waals surface area contributed by atoms with Crippen molar-refractivity contribution in [1.29, 1.82) is 0 Å². The Labute approximate surface area is 210 Å². The molecule has 0 atom stereocenters. The molecular weight excluding hydrogens is 535 g/mol. The summed E-state index contributed by atoms with van der Waals surface area (Å²) in [6, 6.07) is 17.5. The molecule has 2 heterocycles. The number of halogens is 4. The maximum Gasteiger partial charge on any atom is 0.416 e. The van der Waals surface area contributed by atoms with Gasteiger partial charge in [-0.2, -0.15) is 13.2 Å². The third-order valence-corrected chi connectivity index (χ3v) is 7.18. The summed E-state index contributed by atoms with van der Waals surface area (Å²) in [6.45, 7) is 0.323. The molecule has 4 aromatic carbocycles. The average Bonchev–Trinajstić information content (AvgIpc) is 2.87. The Morgan fingerprint density at radius 1 is 0.722 bits per heavy atom. The van der Waals surface area contributed by atoms with Gasteiger partial charge in [0.25, 0.3) is 11.1 Å². The van der Waals surface area contributed by atoms with E-state index in [-0.39, 0.29) is 11.1 Å². The second kappa shape index (κ2) is 8.20. The molecule has 0 bridgehead atoms. The molecule has 0 saturated carbocycles. The maximum absolute atomic E-state index is 13.2. The molecule has 0 fully saturated rings. The van der Waals surface area contributed by atoms with E-state index in [4.69, 9.17) is 4.42 Å². The summed E-state index contributed by atoms with van der Waals surface area (Å²) in [4.78, 5) is 26.4. The molecule has 2 aromatic heterocycles. The van der Waals surface area contributed by atoms with Gasteiger partial charge in [-0.25, -0.2) is 0 Å². The number of alkyl halides is 4. The van der Waals surface area contributed by atoms with Crippen molar-refractivity contribution in [2.75, 3.05) is 5.33 Å². The standard InChI is InChI=1S/C28H17BrF3NO3/c29-12-1-13-33-26(34)19-8-7-18-21-14-16(15-2-5-17(6-3-15)28(30,31)32)4-10-22(21)36-23-11-9-20(27(33)35)24(19)25(18)23/h2-11,14H,1,12-13H2. The van der Waals surface area contributed by atoms with E-state index in [2.05, 4.69) is 15.9 Å². The van der Waals surface area contributed by atoms with Gasteiger partial charge in [-0.3, -0.25) is 14.2 Å². The van der Waals surface area contributed by atoms with Crippen molar-refractivity contribution in [2.24, 2.45) is 0 Å². The number of benzene rings is 4. The van der Waals surface area contributed by atoms with Gasteiger partial charge < -0.3 is 4.42 Å². The Morgan fingerprint density at radius 3 is 2.00 bits per heavy atom. The van der Waals surface area contributed by atoms with Crippen LogP contribution in [0, 0.1) is 0 Å². The number of pyridine rings is 1. The summed E-state index contributed by atoms with van der Waals surface area (Å²) in [5.41, 5.74) is 1.13. The maximum atomic E-state index is 13.2. The van der Waals surface area contributed by atoms with E-state index in [1.54, 1.807) is 30.3 Å². The van der Waals surface area contributed by atoms with E-state index in [1.807, 2.05) is 12.1 Å². The van der Waals surface area contributed by atoms with E-state index >= 15 is 0 Å². The van der Waals surface area contributed by atoms with Gasteiger partial charge in [0, 0.05) is 38.8 Å². The zero-order valence-corrected chi connectivity index (χ0v) is 20.2. The molecule has 0 aliphatic rings. The summed E-state index contributed by atoms with van der Waals surface area (Å²) in [5.74, 6) is 0. The van der Waals surface area contributed by atoms with Crippen LogP contribution in [0.25, 0.3) is 54.6 Å². The number of rotatable bonds is 4. The highest BCUT2D eigenvalue weighted by Crippen LogP contribution is 2.38. The van der Waals surface area contributed by atoms with Crippen LogP contribution in [0.3, 0.4) is 0 Å². The lowest BCUT2D eigenvalue weighted by atomic mass is 9.95. The lowest BCUT2D eigenvalue weighted by molar-refractivity contribution is -0.137.